The molecule has 0 aliphatic rings. The van der Waals surface area contributed by atoms with Gasteiger partial charge in [-0.3, -0.25) is 4.72 Å². The van der Waals surface area contributed by atoms with E-state index in [1.807, 2.05) is 50.3 Å². The monoisotopic (exact) mass is 501 g/mol. The maximum Gasteiger partial charge on any atom is 0.261 e. The average molecular weight is 502 g/mol. The predicted octanol–water partition coefficient (Wildman–Crippen LogP) is 3.72. The zero-order chi connectivity index (χ0) is 24.4. The fourth-order valence-electron chi connectivity index (χ4n) is 3.70. The topological polar surface area (TPSA) is 88.4 Å². The first-order valence-corrected chi connectivity index (χ1v) is 12.8. The van der Waals surface area contributed by atoms with E-state index in [-0.39, 0.29) is 4.90 Å². The van der Waals surface area contributed by atoms with Crippen molar-refractivity contribution in [3.63, 3.8) is 0 Å². The van der Waals surface area contributed by atoms with E-state index in [1.165, 1.54) is 0 Å². The van der Waals surface area contributed by atoms with Gasteiger partial charge in [0.05, 0.1) is 10.6 Å². The fraction of sp³-hybridized carbons (Fsp3) is 0.0400. The lowest BCUT2D eigenvalue weighted by atomic mass is 10.0. The van der Waals surface area contributed by atoms with Crippen molar-refractivity contribution in [1.82, 2.24) is 14.6 Å². The van der Waals surface area contributed by atoms with Gasteiger partial charge in [-0.05, 0) is 41.4 Å². The molecule has 0 saturated carbocycles. The summed E-state index contributed by atoms with van der Waals surface area (Å²) >= 11 is 6.42. The maximum absolute atomic E-state index is 12.5. The number of nitrogens with one attached hydrogen (secondary N) is 2. The van der Waals surface area contributed by atoms with E-state index in [0.717, 1.165) is 33.7 Å². The third kappa shape index (κ3) is 4.87. The van der Waals surface area contributed by atoms with Gasteiger partial charge in [-0.2, -0.15) is 9.61 Å². The lowest BCUT2D eigenvalue weighted by Crippen LogP contribution is -2.13. The molecule has 0 radical (unpaired) electrons. The van der Waals surface area contributed by atoms with Crippen LogP contribution in [0.1, 0.15) is 5.56 Å². The van der Waals surface area contributed by atoms with Gasteiger partial charge in [0, 0.05) is 35.1 Å². The van der Waals surface area contributed by atoms with Gasteiger partial charge in [-0.25, -0.2) is 13.4 Å². The number of halogens is 1. The lowest BCUT2D eigenvalue weighted by molar-refractivity contribution is 0.601. The molecule has 0 aliphatic heterocycles. The Kier molecular flexibility index (Phi) is 6.19. The van der Waals surface area contributed by atoms with Crippen molar-refractivity contribution in [3.05, 3.63) is 102 Å². The SMILES string of the molecule is Bc1cnn2c(NCc3ccc(NS(=O)(=O)c4ccccc4)cc3)cc(-c3ccccc3Cl)nc12. The number of hydrogen-bond donors (Lipinski definition) is 2. The Morgan fingerprint density at radius 1 is 0.943 bits per heavy atom. The minimum atomic E-state index is -3.63. The maximum atomic E-state index is 12.5. The highest BCUT2D eigenvalue weighted by Crippen LogP contribution is 2.28. The van der Waals surface area contributed by atoms with Gasteiger partial charge in [0.1, 0.15) is 13.7 Å². The second-order valence-electron chi connectivity index (χ2n) is 8.04. The summed E-state index contributed by atoms with van der Waals surface area (Å²) in [6.07, 6.45) is 1.78. The Labute approximate surface area is 209 Å². The molecule has 3 aromatic carbocycles. The van der Waals surface area contributed by atoms with Gasteiger partial charge >= 0.3 is 0 Å². The number of fused-ring (bicyclic) bond motifs is 1. The van der Waals surface area contributed by atoms with E-state index in [9.17, 15) is 8.42 Å². The van der Waals surface area contributed by atoms with Crippen molar-refractivity contribution in [3.8, 4) is 11.3 Å². The van der Waals surface area contributed by atoms with Crippen LogP contribution < -0.4 is 15.5 Å². The molecule has 2 heterocycles. The van der Waals surface area contributed by atoms with Crippen LogP contribution in [0.15, 0.2) is 96.0 Å². The number of sulfonamides is 1. The van der Waals surface area contributed by atoms with Crippen molar-refractivity contribution in [2.45, 2.75) is 11.4 Å². The van der Waals surface area contributed by atoms with Gasteiger partial charge in [0.15, 0.2) is 5.65 Å². The van der Waals surface area contributed by atoms with Gasteiger partial charge in [-0.15, -0.1) is 0 Å². The lowest BCUT2D eigenvalue weighted by Gasteiger charge is -2.13. The normalized spacial score (nSPS) is 11.5. The minimum Gasteiger partial charge on any atom is -0.366 e. The van der Waals surface area contributed by atoms with Crippen molar-refractivity contribution in [2.24, 2.45) is 0 Å². The molecule has 0 saturated heterocycles. The van der Waals surface area contributed by atoms with E-state index in [0.29, 0.717) is 17.3 Å². The highest BCUT2D eigenvalue weighted by Gasteiger charge is 2.14. The zero-order valence-corrected chi connectivity index (χ0v) is 20.4. The van der Waals surface area contributed by atoms with Crippen molar-refractivity contribution in [2.75, 3.05) is 10.0 Å². The quantitative estimate of drug-likeness (QED) is 0.332. The summed E-state index contributed by atoms with van der Waals surface area (Å²) in [6, 6.07) is 25.0. The molecule has 5 aromatic rings. The smallest absolute Gasteiger partial charge is 0.261 e. The molecule has 0 atom stereocenters. The second-order valence-corrected chi connectivity index (χ2v) is 10.1. The molecule has 0 aliphatic carbocycles. The zero-order valence-electron chi connectivity index (χ0n) is 18.8. The number of benzene rings is 3. The Morgan fingerprint density at radius 3 is 2.40 bits per heavy atom. The third-order valence-electron chi connectivity index (χ3n) is 5.53. The summed E-state index contributed by atoms with van der Waals surface area (Å²) in [5.41, 5.74) is 4.76. The molecular formula is C25H21BClN5O2S. The molecule has 35 heavy (non-hydrogen) atoms. The molecule has 5 rings (SSSR count). The molecule has 7 nitrogen and oxygen atoms in total. The Balaban J connectivity index is 1.36. The summed E-state index contributed by atoms with van der Waals surface area (Å²) < 4.78 is 29.5. The predicted molar refractivity (Wildman–Crippen MR) is 143 cm³/mol. The van der Waals surface area contributed by atoms with Gasteiger partial charge < -0.3 is 5.32 Å². The Bertz CT molecular complexity index is 1610. The summed E-state index contributed by atoms with van der Waals surface area (Å²) in [4.78, 5) is 4.98. The van der Waals surface area contributed by atoms with E-state index in [1.54, 1.807) is 53.2 Å². The highest BCUT2D eigenvalue weighted by atomic mass is 35.5. The van der Waals surface area contributed by atoms with Crippen LogP contribution in [-0.2, 0) is 16.6 Å². The largest absolute Gasteiger partial charge is 0.366 e. The molecule has 0 spiro atoms. The first-order valence-electron chi connectivity index (χ1n) is 10.9. The van der Waals surface area contributed by atoms with Crippen molar-refractivity contribution in [1.29, 1.82) is 0 Å². The summed E-state index contributed by atoms with van der Waals surface area (Å²) in [7, 11) is -1.67. The van der Waals surface area contributed by atoms with Crippen LogP contribution in [0, 0.1) is 0 Å². The average Bonchev–Trinajstić information content (AvgIpc) is 3.25. The van der Waals surface area contributed by atoms with Crippen molar-refractivity contribution >= 4 is 52.1 Å². The summed E-state index contributed by atoms with van der Waals surface area (Å²) in [5, 5.41) is 8.50. The summed E-state index contributed by atoms with van der Waals surface area (Å²) in [6.45, 7) is 0.506. The van der Waals surface area contributed by atoms with E-state index in [4.69, 9.17) is 16.6 Å². The first-order chi connectivity index (χ1) is 16.9. The van der Waals surface area contributed by atoms with Gasteiger partial charge in [0.2, 0.25) is 0 Å². The molecule has 2 N–H and O–H groups in total. The van der Waals surface area contributed by atoms with E-state index in [2.05, 4.69) is 15.1 Å². The Morgan fingerprint density at radius 2 is 1.66 bits per heavy atom. The molecule has 2 aromatic heterocycles. The number of rotatable bonds is 7. The van der Waals surface area contributed by atoms with Crippen LogP contribution in [0.2, 0.25) is 5.02 Å². The second kappa shape index (κ2) is 9.44. The third-order valence-corrected chi connectivity index (χ3v) is 7.26. The summed E-state index contributed by atoms with van der Waals surface area (Å²) in [5.74, 6) is 0.770. The van der Waals surface area contributed by atoms with Crippen LogP contribution in [0.5, 0.6) is 0 Å². The van der Waals surface area contributed by atoms with Crippen LogP contribution in [-0.4, -0.2) is 30.9 Å². The van der Waals surface area contributed by atoms with Crippen LogP contribution in [0.25, 0.3) is 16.9 Å². The highest BCUT2D eigenvalue weighted by molar-refractivity contribution is 7.92. The van der Waals surface area contributed by atoms with E-state index >= 15 is 0 Å². The number of hydrogen-bond acceptors (Lipinski definition) is 5. The van der Waals surface area contributed by atoms with Crippen molar-refractivity contribution < 1.29 is 8.42 Å². The van der Waals surface area contributed by atoms with Crippen LogP contribution in [0.4, 0.5) is 11.5 Å². The van der Waals surface area contributed by atoms with Gasteiger partial charge in [-0.1, -0.05) is 60.1 Å². The molecule has 0 unspecified atom stereocenters. The molecule has 10 heteroatoms. The molecule has 174 valence electrons. The Hall–Kier alpha value is -3.82. The molecule has 0 fully saturated rings. The molecule has 0 bridgehead atoms. The standard InChI is InChI=1S/C25H21BClN5O2S/c26-21-16-29-32-24(14-23(30-25(21)32)20-8-4-5-9-22(20)27)28-15-17-10-12-18(13-11-17)31-35(33,34)19-6-2-1-3-7-19/h1-14,16,28,31H,15,26H2. The fourth-order valence-corrected chi connectivity index (χ4v) is 5.01. The number of nitrogens with zero attached hydrogens (tertiary/aromatic N) is 3. The minimum absolute atomic E-state index is 0.219. The van der Waals surface area contributed by atoms with Gasteiger partial charge in [0.25, 0.3) is 10.0 Å². The van der Waals surface area contributed by atoms with Crippen LogP contribution >= 0.6 is 11.6 Å². The molecular weight excluding hydrogens is 481 g/mol. The first kappa shape index (κ1) is 23.0. The van der Waals surface area contributed by atoms with E-state index < -0.39 is 10.0 Å². The number of anilines is 2. The van der Waals surface area contributed by atoms with Crippen LogP contribution in [0.3, 0.4) is 0 Å². The molecule has 0 amide bonds. The number of aromatic nitrogens is 3.